The molecule has 1 aliphatic rings. The first-order valence-electron chi connectivity index (χ1n) is 9.52. The molecule has 0 unspecified atom stereocenters. The number of anilines is 1. The van der Waals surface area contributed by atoms with Crippen LogP contribution >= 0.6 is 0 Å². The fourth-order valence-corrected chi connectivity index (χ4v) is 3.68. The highest BCUT2D eigenvalue weighted by Gasteiger charge is 2.29. The summed E-state index contributed by atoms with van der Waals surface area (Å²) >= 11 is 0. The number of hydrogen-bond acceptors (Lipinski definition) is 4. The van der Waals surface area contributed by atoms with E-state index < -0.39 is 0 Å². The highest BCUT2D eigenvalue weighted by atomic mass is 19.1. The standard InChI is InChI=1S/C22H27FN2O3/c1-27-16-22(26)25(19-7-5-18(23)6-8-19)20-11-13-24(14-12-20)15-17-3-9-21(28-2)10-4-17/h3-10,20H,11-16H2,1-2H3. The number of amides is 1. The lowest BCUT2D eigenvalue weighted by atomic mass is 10.0. The first-order valence-corrected chi connectivity index (χ1v) is 9.52. The molecule has 1 saturated heterocycles. The van der Waals surface area contributed by atoms with Crippen LogP contribution in [0.15, 0.2) is 48.5 Å². The van der Waals surface area contributed by atoms with Crippen molar-refractivity contribution in [3.05, 3.63) is 59.9 Å². The molecule has 0 atom stereocenters. The Morgan fingerprint density at radius 3 is 2.29 bits per heavy atom. The summed E-state index contributed by atoms with van der Waals surface area (Å²) in [6.45, 7) is 2.69. The van der Waals surface area contributed by atoms with Crippen LogP contribution in [0, 0.1) is 5.82 Å². The van der Waals surface area contributed by atoms with Gasteiger partial charge in [-0.2, -0.15) is 0 Å². The van der Waals surface area contributed by atoms with E-state index in [1.54, 1.807) is 24.1 Å². The van der Waals surface area contributed by atoms with Gasteiger partial charge in [0.1, 0.15) is 18.2 Å². The zero-order valence-electron chi connectivity index (χ0n) is 16.4. The third-order valence-corrected chi connectivity index (χ3v) is 5.13. The van der Waals surface area contributed by atoms with Crippen molar-refractivity contribution in [3.8, 4) is 5.75 Å². The number of rotatable bonds is 7. The molecular formula is C22H27FN2O3. The Morgan fingerprint density at radius 1 is 1.07 bits per heavy atom. The number of benzene rings is 2. The molecule has 2 aromatic rings. The molecule has 0 saturated carbocycles. The third-order valence-electron chi connectivity index (χ3n) is 5.13. The van der Waals surface area contributed by atoms with Gasteiger partial charge in [0.25, 0.3) is 5.91 Å². The Labute approximate surface area is 165 Å². The van der Waals surface area contributed by atoms with E-state index >= 15 is 0 Å². The van der Waals surface area contributed by atoms with Gasteiger partial charge in [0.2, 0.25) is 0 Å². The smallest absolute Gasteiger partial charge is 0.253 e. The van der Waals surface area contributed by atoms with Crippen molar-refractivity contribution in [2.24, 2.45) is 0 Å². The van der Waals surface area contributed by atoms with E-state index in [-0.39, 0.29) is 24.4 Å². The first kappa shape index (κ1) is 20.3. The van der Waals surface area contributed by atoms with Crippen LogP contribution in [-0.2, 0) is 16.1 Å². The number of carbonyl (C=O) groups excluding carboxylic acids is 1. The van der Waals surface area contributed by atoms with E-state index in [1.807, 2.05) is 12.1 Å². The topological polar surface area (TPSA) is 42.0 Å². The van der Waals surface area contributed by atoms with E-state index in [4.69, 9.17) is 9.47 Å². The Kier molecular flexibility index (Phi) is 7.01. The van der Waals surface area contributed by atoms with Gasteiger partial charge in [-0.15, -0.1) is 0 Å². The summed E-state index contributed by atoms with van der Waals surface area (Å²) in [7, 11) is 3.18. The van der Waals surface area contributed by atoms with E-state index in [0.29, 0.717) is 0 Å². The number of nitrogens with zero attached hydrogens (tertiary/aromatic N) is 2. The fourth-order valence-electron chi connectivity index (χ4n) is 3.68. The second kappa shape index (κ2) is 9.66. The van der Waals surface area contributed by atoms with Crippen LogP contribution < -0.4 is 9.64 Å². The number of piperidine rings is 1. The molecule has 0 N–H and O–H groups in total. The molecule has 2 aromatic carbocycles. The summed E-state index contributed by atoms with van der Waals surface area (Å²) in [4.78, 5) is 16.8. The molecule has 0 aliphatic carbocycles. The summed E-state index contributed by atoms with van der Waals surface area (Å²) in [5.41, 5.74) is 1.96. The molecule has 0 spiro atoms. The van der Waals surface area contributed by atoms with E-state index in [1.165, 1.54) is 24.8 Å². The molecule has 3 rings (SSSR count). The van der Waals surface area contributed by atoms with Crippen molar-refractivity contribution in [2.75, 3.05) is 38.8 Å². The molecule has 1 fully saturated rings. The van der Waals surface area contributed by atoms with Crippen LogP contribution in [0.3, 0.4) is 0 Å². The van der Waals surface area contributed by atoms with Gasteiger partial charge in [0.15, 0.2) is 0 Å². The van der Waals surface area contributed by atoms with Gasteiger partial charge in [-0.05, 0) is 54.8 Å². The Balaban J connectivity index is 1.64. The van der Waals surface area contributed by atoms with Crippen molar-refractivity contribution >= 4 is 11.6 Å². The lowest BCUT2D eigenvalue weighted by Gasteiger charge is -2.38. The average Bonchev–Trinajstić information content (AvgIpc) is 2.72. The summed E-state index contributed by atoms with van der Waals surface area (Å²) in [5.74, 6) is 0.453. The van der Waals surface area contributed by atoms with Gasteiger partial charge >= 0.3 is 0 Å². The molecule has 1 aliphatic heterocycles. The van der Waals surface area contributed by atoms with Crippen LogP contribution in [0.5, 0.6) is 5.75 Å². The minimum Gasteiger partial charge on any atom is -0.497 e. The molecule has 6 heteroatoms. The Bertz CT molecular complexity index is 756. The first-order chi connectivity index (χ1) is 13.6. The predicted molar refractivity (Wildman–Crippen MR) is 107 cm³/mol. The van der Waals surface area contributed by atoms with Gasteiger partial charge in [-0.3, -0.25) is 9.69 Å². The molecule has 0 aromatic heterocycles. The van der Waals surface area contributed by atoms with Crippen LogP contribution in [0.25, 0.3) is 0 Å². The third kappa shape index (κ3) is 5.09. The van der Waals surface area contributed by atoms with Gasteiger partial charge in [0.05, 0.1) is 7.11 Å². The van der Waals surface area contributed by atoms with Crippen molar-refractivity contribution in [1.29, 1.82) is 0 Å². The quantitative estimate of drug-likeness (QED) is 0.731. The molecule has 1 amide bonds. The van der Waals surface area contributed by atoms with Gasteiger partial charge in [-0.25, -0.2) is 4.39 Å². The molecule has 0 bridgehead atoms. The van der Waals surface area contributed by atoms with Crippen LogP contribution in [0.1, 0.15) is 18.4 Å². The Morgan fingerprint density at radius 2 is 1.71 bits per heavy atom. The molecule has 1 heterocycles. The molecule has 28 heavy (non-hydrogen) atoms. The second-order valence-electron chi connectivity index (χ2n) is 7.03. The second-order valence-corrected chi connectivity index (χ2v) is 7.03. The zero-order valence-corrected chi connectivity index (χ0v) is 16.4. The largest absolute Gasteiger partial charge is 0.497 e. The number of hydrogen-bond donors (Lipinski definition) is 0. The van der Waals surface area contributed by atoms with Crippen molar-refractivity contribution in [3.63, 3.8) is 0 Å². The number of halogens is 1. The zero-order chi connectivity index (χ0) is 19.9. The van der Waals surface area contributed by atoms with E-state index in [9.17, 15) is 9.18 Å². The van der Waals surface area contributed by atoms with Crippen LogP contribution in [0.4, 0.5) is 10.1 Å². The lowest BCUT2D eigenvalue weighted by molar-refractivity contribution is -0.122. The lowest BCUT2D eigenvalue weighted by Crippen LogP contribution is -2.48. The maximum Gasteiger partial charge on any atom is 0.253 e. The maximum absolute atomic E-state index is 13.3. The van der Waals surface area contributed by atoms with Gasteiger partial charge < -0.3 is 14.4 Å². The van der Waals surface area contributed by atoms with E-state index in [0.717, 1.165) is 43.9 Å². The van der Waals surface area contributed by atoms with Crippen LogP contribution in [0.2, 0.25) is 0 Å². The summed E-state index contributed by atoms with van der Waals surface area (Å²) in [6, 6.07) is 14.3. The molecule has 150 valence electrons. The minimum atomic E-state index is -0.308. The monoisotopic (exact) mass is 386 g/mol. The Hall–Kier alpha value is -2.44. The highest BCUT2D eigenvalue weighted by molar-refractivity contribution is 5.94. The highest BCUT2D eigenvalue weighted by Crippen LogP contribution is 2.25. The summed E-state index contributed by atoms with van der Waals surface area (Å²) < 4.78 is 23.6. The van der Waals surface area contributed by atoms with Crippen LogP contribution in [-0.4, -0.2) is 50.8 Å². The molecular weight excluding hydrogens is 359 g/mol. The summed E-state index contributed by atoms with van der Waals surface area (Å²) in [6.07, 6.45) is 1.73. The number of ether oxygens (including phenoxy) is 2. The molecule has 0 radical (unpaired) electrons. The molecule has 5 nitrogen and oxygen atoms in total. The maximum atomic E-state index is 13.3. The van der Waals surface area contributed by atoms with Gasteiger partial charge in [0, 0.05) is 38.5 Å². The SMILES string of the molecule is COCC(=O)N(c1ccc(F)cc1)C1CCN(Cc2ccc(OC)cc2)CC1. The van der Waals surface area contributed by atoms with Crippen molar-refractivity contribution < 1.29 is 18.7 Å². The summed E-state index contributed by atoms with van der Waals surface area (Å²) in [5, 5.41) is 0. The predicted octanol–water partition coefficient (Wildman–Crippen LogP) is 3.48. The van der Waals surface area contributed by atoms with Gasteiger partial charge in [-0.1, -0.05) is 12.1 Å². The minimum absolute atomic E-state index is 0.0173. The fraction of sp³-hybridized carbons (Fsp3) is 0.409. The average molecular weight is 386 g/mol. The number of methoxy groups -OCH3 is 2. The van der Waals surface area contributed by atoms with Crippen molar-refractivity contribution in [2.45, 2.75) is 25.4 Å². The van der Waals surface area contributed by atoms with Crippen molar-refractivity contribution in [1.82, 2.24) is 4.90 Å². The number of carbonyl (C=O) groups is 1. The normalized spacial score (nSPS) is 15.4. The van der Waals surface area contributed by atoms with E-state index in [2.05, 4.69) is 17.0 Å². The number of likely N-dealkylation sites (tertiary alicyclic amines) is 1.